The van der Waals surface area contributed by atoms with E-state index in [-0.39, 0.29) is 18.2 Å². The maximum Gasteiger partial charge on any atom is 0.410 e. The van der Waals surface area contributed by atoms with Gasteiger partial charge in [-0.1, -0.05) is 15.9 Å². The number of piperidine rings is 1. The standard InChI is InChI=1S/C15H20BrN3O2/c1-15(2,3)21-14(20)18-6-5-11-12(9-18)19-7-4-10(16)8-13(19)17-11/h4,7-8,11-12H,5-6,9H2,1-3H3. The van der Waals surface area contributed by atoms with Crippen molar-refractivity contribution in [2.75, 3.05) is 13.1 Å². The molecule has 0 spiro atoms. The number of halogens is 1. The van der Waals surface area contributed by atoms with E-state index in [9.17, 15) is 4.79 Å². The third kappa shape index (κ3) is 3.00. The lowest BCUT2D eigenvalue weighted by Gasteiger charge is -2.38. The Morgan fingerprint density at radius 3 is 2.95 bits per heavy atom. The summed E-state index contributed by atoms with van der Waals surface area (Å²) in [7, 11) is 0. The molecule has 1 saturated heterocycles. The first-order valence-electron chi connectivity index (χ1n) is 7.23. The van der Waals surface area contributed by atoms with Crippen LogP contribution in [0.1, 0.15) is 27.2 Å². The van der Waals surface area contributed by atoms with Gasteiger partial charge in [0.2, 0.25) is 0 Å². The quantitative estimate of drug-likeness (QED) is 0.672. The van der Waals surface area contributed by atoms with Gasteiger partial charge < -0.3 is 14.5 Å². The highest BCUT2D eigenvalue weighted by Gasteiger charge is 2.41. The molecule has 0 radical (unpaired) electrons. The molecule has 2 unspecified atom stereocenters. The summed E-state index contributed by atoms with van der Waals surface area (Å²) in [5.41, 5.74) is -0.454. The van der Waals surface area contributed by atoms with Crippen molar-refractivity contribution in [1.29, 1.82) is 0 Å². The second-order valence-electron chi connectivity index (χ2n) is 6.59. The molecule has 0 bridgehead atoms. The fraction of sp³-hybridized carbons (Fsp3) is 0.600. The molecule has 6 heteroatoms. The highest BCUT2D eigenvalue weighted by molar-refractivity contribution is 9.11. The minimum atomic E-state index is -0.454. The van der Waals surface area contributed by atoms with Crippen molar-refractivity contribution >= 4 is 27.9 Å². The van der Waals surface area contributed by atoms with Crippen LogP contribution in [0.15, 0.2) is 27.8 Å². The molecule has 21 heavy (non-hydrogen) atoms. The van der Waals surface area contributed by atoms with E-state index in [4.69, 9.17) is 9.73 Å². The van der Waals surface area contributed by atoms with Gasteiger partial charge in [-0.3, -0.25) is 4.99 Å². The number of allylic oxidation sites excluding steroid dienone is 2. The highest BCUT2D eigenvalue weighted by Crippen LogP contribution is 2.30. The zero-order valence-electron chi connectivity index (χ0n) is 12.5. The van der Waals surface area contributed by atoms with Gasteiger partial charge in [0.15, 0.2) is 0 Å². The first kappa shape index (κ1) is 14.6. The molecule has 1 fully saturated rings. The molecule has 3 rings (SSSR count). The van der Waals surface area contributed by atoms with Crippen molar-refractivity contribution in [3.63, 3.8) is 0 Å². The summed E-state index contributed by atoms with van der Waals surface area (Å²) < 4.78 is 6.50. The van der Waals surface area contributed by atoms with Gasteiger partial charge in [-0.2, -0.15) is 0 Å². The predicted octanol–water partition coefficient (Wildman–Crippen LogP) is 2.88. The van der Waals surface area contributed by atoms with Crippen LogP contribution in [0.2, 0.25) is 0 Å². The monoisotopic (exact) mass is 353 g/mol. The summed E-state index contributed by atoms with van der Waals surface area (Å²) >= 11 is 3.47. The van der Waals surface area contributed by atoms with Crippen molar-refractivity contribution in [1.82, 2.24) is 9.80 Å². The average Bonchev–Trinajstić information content (AvgIpc) is 2.72. The van der Waals surface area contributed by atoms with E-state index in [1.807, 2.05) is 39.1 Å². The Kier molecular flexibility index (Phi) is 3.59. The van der Waals surface area contributed by atoms with Crippen LogP contribution in [0.25, 0.3) is 0 Å². The lowest BCUT2D eigenvalue weighted by Crippen LogP contribution is -2.53. The molecule has 0 aromatic rings. The summed E-state index contributed by atoms with van der Waals surface area (Å²) in [4.78, 5) is 20.9. The maximum atomic E-state index is 12.2. The van der Waals surface area contributed by atoms with Gasteiger partial charge in [-0.05, 0) is 39.3 Å². The fourth-order valence-corrected chi connectivity index (χ4v) is 3.19. The zero-order valence-corrected chi connectivity index (χ0v) is 14.1. The molecular weight excluding hydrogens is 334 g/mol. The van der Waals surface area contributed by atoms with Crippen molar-refractivity contribution in [2.45, 2.75) is 44.9 Å². The Morgan fingerprint density at radius 1 is 1.48 bits per heavy atom. The molecule has 2 atom stereocenters. The molecule has 1 amide bonds. The Bertz CT molecular complexity index is 548. The smallest absolute Gasteiger partial charge is 0.410 e. The third-order valence-corrected chi connectivity index (χ3v) is 4.27. The van der Waals surface area contributed by atoms with Gasteiger partial charge in [0.05, 0.1) is 12.1 Å². The third-order valence-electron chi connectivity index (χ3n) is 3.78. The molecule has 0 aromatic carbocycles. The average molecular weight is 354 g/mol. The lowest BCUT2D eigenvalue weighted by molar-refractivity contribution is 0.0160. The Balaban J connectivity index is 1.70. The molecule has 114 valence electrons. The molecule has 3 aliphatic heterocycles. The van der Waals surface area contributed by atoms with Crippen molar-refractivity contribution in [3.8, 4) is 0 Å². The minimum Gasteiger partial charge on any atom is -0.444 e. The summed E-state index contributed by atoms with van der Waals surface area (Å²) in [5, 5.41) is 0. The summed E-state index contributed by atoms with van der Waals surface area (Å²) in [6, 6.07) is 0.479. The number of nitrogens with zero attached hydrogens (tertiary/aromatic N) is 3. The molecular formula is C15H20BrN3O2. The van der Waals surface area contributed by atoms with Crippen LogP contribution in [0, 0.1) is 0 Å². The number of ether oxygens (including phenoxy) is 1. The highest BCUT2D eigenvalue weighted by atomic mass is 79.9. The molecule has 0 N–H and O–H groups in total. The Labute approximate surface area is 133 Å². The van der Waals surface area contributed by atoms with Gasteiger partial charge in [0, 0.05) is 23.8 Å². The molecule has 0 saturated carbocycles. The number of likely N-dealkylation sites (tertiary alicyclic amines) is 1. The number of amides is 1. The van der Waals surface area contributed by atoms with Gasteiger partial charge in [-0.15, -0.1) is 0 Å². The number of carbonyl (C=O) groups is 1. The van der Waals surface area contributed by atoms with Crippen molar-refractivity contribution in [2.24, 2.45) is 4.99 Å². The van der Waals surface area contributed by atoms with E-state index in [0.717, 1.165) is 16.7 Å². The van der Waals surface area contributed by atoms with E-state index in [0.29, 0.717) is 13.1 Å². The van der Waals surface area contributed by atoms with Gasteiger partial charge in [0.1, 0.15) is 11.4 Å². The number of fused-ring (bicyclic) bond motifs is 3. The van der Waals surface area contributed by atoms with Crippen LogP contribution in [-0.4, -0.2) is 52.5 Å². The van der Waals surface area contributed by atoms with Crippen molar-refractivity contribution < 1.29 is 9.53 Å². The first-order valence-corrected chi connectivity index (χ1v) is 8.02. The number of hydrogen-bond donors (Lipinski definition) is 0. The largest absolute Gasteiger partial charge is 0.444 e. The molecule has 0 aliphatic carbocycles. The summed E-state index contributed by atoms with van der Waals surface area (Å²) in [6.07, 6.45) is 6.71. The number of rotatable bonds is 0. The normalized spacial score (nSPS) is 27.8. The lowest BCUT2D eigenvalue weighted by atomic mass is 10.0. The van der Waals surface area contributed by atoms with Gasteiger partial charge in [0.25, 0.3) is 0 Å². The van der Waals surface area contributed by atoms with E-state index < -0.39 is 5.60 Å². The Morgan fingerprint density at radius 2 is 2.24 bits per heavy atom. The van der Waals surface area contributed by atoms with Gasteiger partial charge >= 0.3 is 6.09 Å². The SMILES string of the molecule is CC(C)(C)OC(=O)N1CCC2N=C3C=C(Br)C=CN3C2C1. The minimum absolute atomic E-state index is 0.217. The summed E-state index contributed by atoms with van der Waals surface area (Å²) in [6.45, 7) is 7.04. The first-order chi connectivity index (χ1) is 9.83. The second kappa shape index (κ2) is 5.16. The molecule has 3 aliphatic rings. The van der Waals surface area contributed by atoms with Crippen molar-refractivity contribution in [3.05, 3.63) is 22.8 Å². The van der Waals surface area contributed by atoms with Crippen LogP contribution in [0.4, 0.5) is 4.79 Å². The van der Waals surface area contributed by atoms with E-state index in [1.165, 1.54) is 0 Å². The second-order valence-corrected chi connectivity index (χ2v) is 7.50. The van der Waals surface area contributed by atoms with Crippen LogP contribution in [-0.2, 0) is 4.74 Å². The van der Waals surface area contributed by atoms with Crippen LogP contribution >= 0.6 is 15.9 Å². The number of hydrogen-bond acceptors (Lipinski definition) is 4. The molecule has 3 heterocycles. The zero-order chi connectivity index (χ0) is 15.2. The van der Waals surface area contributed by atoms with E-state index in [2.05, 4.69) is 20.8 Å². The van der Waals surface area contributed by atoms with Crippen LogP contribution < -0.4 is 0 Å². The predicted molar refractivity (Wildman–Crippen MR) is 85.4 cm³/mol. The molecule has 5 nitrogen and oxygen atoms in total. The van der Waals surface area contributed by atoms with Crippen LogP contribution in [0.5, 0.6) is 0 Å². The Hall–Kier alpha value is -1.30. The van der Waals surface area contributed by atoms with Crippen LogP contribution in [0.3, 0.4) is 0 Å². The number of aliphatic imine (C=N–C) groups is 1. The fourth-order valence-electron chi connectivity index (χ4n) is 2.86. The van der Waals surface area contributed by atoms with Gasteiger partial charge in [-0.25, -0.2) is 4.79 Å². The topological polar surface area (TPSA) is 45.1 Å². The number of amidine groups is 1. The van der Waals surface area contributed by atoms with E-state index >= 15 is 0 Å². The summed E-state index contributed by atoms with van der Waals surface area (Å²) in [5.74, 6) is 0.977. The van der Waals surface area contributed by atoms with E-state index in [1.54, 1.807) is 4.90 Å². The molecule has 0 aromatic heterocycles. The number of carbonyl (C=O) groups excluding carboxylic acids is 1. The maximum absolute atomic E-state index is 12.2.